The molecule has 0 aromatic heterocycles. The monoisotopic (exact) mass is 164 g/mol. The predicted molar refractivity (Wildman–Crippen MR) is 46.7 cm³/mol. The lowest BCUT2D eigenvalue weighted by Gasteiger charge is -2.19. The fraction of sp³-hybridized carbons (Fsp3) is 0.400. The lowest BCUT2D eigenvalue weighted by atomic mass is 10.0. The Morgan fingerprint density at radius 1 is 1.42 bits per heavy atom. The smallest absolute Gasteiger partial charge is 0.129 e. The Morgan fingerprint density at radius 3 is 3.08 bits per heavy atom. The Hall–Kier alpha value is -1.18. The van der Waals surface area contributed by atoms with Crippen LogP contribution in [0.4, 0.5) is 0 Å². The van der Waals surface area contributed by atoms with Gasteiger partial charge in [0.15, 0.2) is 0 Å². The molecule has 0 spiro atoms. The summed E-state index contributed by atoms with van der Waals surface area (Å²) in [6, 6.07) is 3.68. The van der Waals surface area contributed by atoms with Gasteiger partial charge in [0.05, 0.1) is 6.61 Å². The second-order valence-corrected chi connectivity index (χ2v) is 3.15. The average molecular weight is 164 g/mol. The highest BCUT2D eigenvalue weighted by Crippen LogP contribution is 2.33. The van der Waals surface area contributed by atoms with Crippen molar-refractivity contribution in [1.82, 2.24) is 0 Å². The Balaban J connectivity index is 2.54. The molecule has 0 saturated carbocycles. The van der Waals surface area contributed by atoms with Crippen LogP contribution in [0.3, 0.4) is 0 Å². The number of phenolic OH excluding ortho intramolecular Hbond substituents is 1. The van der Waals surface area contributed by atoms with Gasteiger partial charge < -0.3 is 9.84 Å². The Kier molecular flexibility index (Phi) is 1.68. The van der Waals surface area contributed by atoms with E-state index in [1.807, 2.05) is 13.0 Å². The summed E-state index contributed by atoms with van der Waals surface area (Å²) >= 11 is 0. The van der Waals surface area contributed by atoms with E-state index < -0.39 is 0 Å². The van der Waals surface area contributed by atoms with Gasteiger partial charge in [0, 0.05) is 5.56 Å². The number of aryl methyl sites for hydroxylation is 1. The highest BCUT2D eigenvalue weighted by Gasteiger charge is 2.14. The van der Waals surface area contributed by atoms with Crippen LogP contribution < -0.4 is 4.74 Å². The Labute approximate surface area is 71.8 Å². The molecule has 0 unspecified atom stereocenters. The minimum absolute atomic E-state index is 0.329. The molecule has 2 heteroatoms. The zero-order valence-electron chi connectivity index (χ0n) is 7.13. The van der Waals surface area contributed by atoms with Crippen LogP contribution in [0.5, 0.6) is 11.5 Å². The number of hydrogen-bond donors (Lipinski definition) is 1. The molecule has 1 aliphatic rings. The first-order chi connectivity index (χ1) is 5.79. The van der Waals surface area contributed by atoms with Crippen LogP contribution in [0.25, 0.3) is 0 Å². The largest absolute Gasteiger partial charge is 0.508 e. The van der Waals surface area contributed by atoms with E-state index in [-0.39, 0.29) is 0 Å². The minimum Gasteiger partial charge on any atom is -0.508 e. The summed E-state index contributed by atoms with van der Waals surface area (Å²) in [5.74, 6) is 1.22. The summed E-state index contributed by atoms with van der Waals surface area (Å²) in [6.07, 6.45) is 2.15. The van der Waals surface area contributed by atoms with E-state index in [1.54, 1.807) is 6.07 Å². The van der Waals surface area contributed by atoms with Crippen LogP contribution in [0.1, 0.15) is 17.5 Å². The number of aromatic hydroxyl groups is 1. The van der Waals surface area contributed by atoms with E-state index in [0.29, 0.717) is 5.75 Å². The third kappa shape index (κ3) is 1.04. The number of hydrogen-bond acceptors (Lipinski definition) is 2. The zero-order valence-corrected chi connectivity index (χ0v) is 7.13. The number of rotatable bonds is 0. The van der Waals surface area contributed by atoms with Gasteiger partial charge in [-0.15, -0.1) is 0 Å². The fourth-order valence-electron chi connectivity index (χ4n) is 1.57. The topological polar surface area (TPSA) is 29.5 Å². The standard InChI is InChI=1S/C10H12O2/c1-7-9(11)5-4-8-3-2-6-12-10(7)8/h4-5,11H,2-3,6H2,1H3. The van der Waals surface area contributed by atoms with Gasteiger partial charge in [-0.25, -0.2) is 0 Å². The lowest BCUT2D eigenvalue weighted by molar-refractivity contribution is 0.284. The highest BCUT2D eigenvalue weighted by atomic mass is 16.5. The lowest BCUT2D eigenvalue weighted by Crippen LogP contribution is -2.09. The number of fused-ring (bicyclic) bond motifs is 1. The number of benzene rings is 1. The molecule has 0 saturated heterocycles. The second kappa shape index (κ2) is 2.70. The van der Waals surface area contributed by atoms with Crippen LogP contribution in [0.2, 0.25) is 0 Å². The van der Waals surface area contributed by atoms with Crippen molar-refractivity contribution in [3.05, 3.63) is 23.3 Å². The van der Waals surface area contributed by atoms with Gasteiger partial charge in [-0.2, -0.15) is 0 Å². The average Bonchev–Trinajstić information content (AvgIpc) is 2.12. The Morgan fingerprint density at radius 2 is 2.25 bits per heavy atom. The molecular formula is C10H12O2. The van der Waals surface area contributed by atoms with Crippen molar-refractivity contribution in [2.24, 2.45) is 0 Å². The van der Waals surface area contributed by atoms with Gasteiger partial charge in [0.2, 0.25) is 0 Å². The maximum atomic E-state index is 9.40. The summed E-state index contributed by atoms with van der Waals surface area (Å²) in [7, 11) is 0. The first-order valence-electron chi connectivity index (χ1n) is 4.23. The Bertz CT molecular complexity index is 305. The van der Waals surface area contributed by atoms with Crippen molar-refractivity contribution >= 4 is 0 Å². The van der Waals surface area contributed by atoms with E-state index in [0.717, 1.165) is 30.8 Å². The normalized spacial score (nSPS) is 15.1. The third-order valence-electron chi connectivity index (χ3n) is 2.30. The summed E-state index contributed by atoms with van der Waals surface area (Å²) in [5, 5.41) is 9.40. The first kappa shape index (κ1) is 7.47. The molecule has 0 atom stereocenters. The van der Waals surface area contributed by atoms with Crippen molar-refractivity contribution in [1.29, 1.82) is 0 Å². The van der Waals surface area contributed by atoms with Crippen LogP contribution in [-0.4, -0.2) is 11.7 Å². The van der Waals surface area contributed by atoms with E-state index in [2.05, 4.69) is 0 Å². The van der Waals surface area contributed by atoms with Crippen LogP contribution in [-0.2, 0) is 6.42 Å². The molecule has 0 bridgehead atoms. The summed E-state index contributed by atoms with van der Waals surface area (Å²) in [4.78, 5) is 0. The van der Waals surface area contributed by atoms with Gasteiger partial charge >= 0.3 is 0 Å². The van der Waals surface area contributed by atoms with Crippen LogP contribution >= 0.6 is 0 Å². The third-order valence-corrected chi connectivity index (χ3v) is 2.30. The highest BCUT2D eigenvalue weighted by molar-refractivity contribution is 5.49. The van der Waals surface area contributed by atoms with Crippen molar-refractivity contribution < 1.29 is 9.84 Å². The maximum Gasteiger partial charge on any atom is 0.129 e. The van der Waals surface area contributed by atoms with Gasteiger partial charge in [-0.3, -0.25) is 0 Å². The van der Waals surface area contributed by atoms with E-state index in [1.165, 1.54) is 5.56 Å². The van der Waals surface area contributed by atoms with E-state index in [9.17, 15) is 5.11 Å². The fourth-order valence-corrected chi connectivity index (χ4v) is 1.57. The molecule has 1 aliphatic heterocycles. The molecule has 2 nitrogen and oxygen atoms in total. The van der Waals surface area contributed by atoms with E-state index in [4.69, 9.17) is 4.74 Å². The number of phenols is 1. The number of ether oxygens (including phenoxy) is 1. The van der Waals surface area contributed by atoms with Crippen molar-refractivity contribution in [2.45, 2.75) is 19.8 Å². The zero-order chi connectivity index (χ0) is 8.55. The quantitative estimate of drug-likeness (QED) is 0.635. The molecule has 1 heterocycles. The molecule has 0 aliphatic carbocycles. The summed E-state index contributed by atoms with van der Waals surface area (Å²) in [6.45, 7) is 2.66. The second-order valence-electron chi connectivity index (χ2n) is 3.15. The van der Waals surface area contributed by atoms with Crippen molar-refractivity contribution in [3.8, 4) is 11.5 Å². The van der Waals surface area contributed by atoms with Crippen molar-refractivity contribution in [2.75, 3.05) is 6.61 Å². The molecule has 1 aromatic rings. The molecule has 2 rings (SSSR count). The molecule has 12 heavy (non-hydrogen) atoms. The molecule has 0 radical (unpaired) electrons. The molecule has 0 amide bonds. The van der Waals surface area contributed by atoms with E-state index >= 15 is 0 Å². The van der Waals surface area contributed by atoms with Crippen LogP contribution in [0, 0.1) is 6.92 Å². The molecule has 0 fully saturated rings. The summed E-state index contributed by atoms with van der Waals surface area (Å²) < 4.78 is 5.48. The van der Waals surface area contributed by atoms with Gasteiger partial charge in [-0.1, -0.05) is 6.07 Å². The van der Waals surface area contributed by atoms with Crippen LogP contribution in [0.15, 0.2) is 12.1 Å². The molecular weight excluding hydrogens is 152 g/mol. The van der Waals surface area contributed by atoms with Crippen molar-refractivity contribution in [3.63, 3.8) is 0 Å². The molecule has 1 N–H and O–H groups in total. The SMILES string of the molecule is Cc1c(O)ccc2c1OCCC2. The van der Waals surface area contributed by atoms with Gasteiger partial charge in [0.1, 0.15) is 11.5 Å². The minimum atomic E-state index is 0.329. The first-order valence-corrected chi connectivity index (χ1v) is 4.23. The molecule has 64 valence electrons. The molecule has 1 aromatic carbocycles. The van der Waals surface area contributed by atoms with Gasteiger partial charge in [0.25, 0.3) is 0 Å². The van der Waals surface area contributed by atoms with Gasteiger partial charge in [-0.05, 0) is 31.4 Å². The summed E-state index contributed by atoms with van der Waals surface area (Å²) in [5.41, 5.74) is 2.09. The predicted octanol–water partition coefficient (Wildman–Crippen LogP) is 2.03. The maximum absolute atomic E-state index is 9.40.